The minimum Gasteiger partial charge on any atom is -0.370 e. The SMILES string of the molecule is NC(=O)CCCCNCC(=O)Nc1ccccc1Cl. The first-order chi connectivity index (χ1) is 9.09. The predicted octanol–water partition coefficient (Wildman–Crippen LogP) is 1.52. The molecule has 0 spiro atoms. The number of rotatable bonds is 8. The molecule has 104 valence electrons. The molecule has 0 bridgehead atoms. The van der Waals surface area contributed by atoms with E-state index in [1.54, 1.807) is 24.3 Å². The second-order valence-electron chi connectivity index (χ2n) is 4.13. The molecule has 0 atom stereocenters. The van der Waals surface area contributed by atoms with Crippen LogP contribution in [0.1, 0.15) is 19.3 Å². The molecule has 0 aliphatic carbocycles. The maximum atomic E-state index is 11.6. The Bertz CT molecular complexity index is 438. The minimum atomic E-state index is -0.295. The summed E-state index contributed by atoms with van der Waals surface area (Å²) in [5.41, 5.74) is 5.62. The van der Waals surface area contributed by atoms with Gasteiger partial charge in [0.2, 0.25) is 11.8 Å². The van der Waals surface area contributed by atoms with Gasteiger partial charge in [-0.15, -0.1) is 0 Å². The van der Waals surface area contributed by atoms with Crippen LogP contribution in [0.4, 0.5) is 5.69 Å². The lowest BCUT2D eigenvalue weighted by atomic mass is 10.2. The van der Waals surface area contributed by atoms with Gasteiger partial charge in [0.15, 0.2) is 0 Å². The number of hydrogen-bond donors (Lipinski definition) is 3. The molecule has 1 rings (SSSR count). The number of carbonyl (C=O) groups excluding carboxylic acids is 2. The average molecular weight is 284 g/mol. The molecule has 2 amide bonds. The highest BCUT2D eigenvalue weighted by molar-refractivity contribution is 6.33. The van der Waals surface area contributed by atoms with E-state index in [1.807, 2.05) is 0 Å². The number of halogens is 1. The molecule has 0 saturated carbocycles. The highest BCUT2D eigenvalue weighted by Gasteiger charge is 2.04. The third kappa shape index (κ3) is 6.79. The van der Waals surface area contributed by atoms with Crippen molar-refractivity contribution in [3.05, 3.63) is 29.3 Å². The molecule has 0 aliphatic rings. The Labute approximate surface area is 117 Å². The van der Waals surface area contributed by atoms with Gasteiger partial charge in [-0.3, -0.25) is 9.59 Å². The van der Waals surface area contributed by atoms with Gasteiger partial charge < -0.3 is 16.4 Å². The third-order valence-electron chi connectivity index (χ3n) is 2.46. The van der Waals surface area contributed by atoms with Crippen molar-refractivity contribution in [3.63, 3.8) is 0 Å². The molecule has 1 aromatic carbocycles. The van der Waals surface area contributed by atoms with E-state index in [-0.39, 0.29) is 18.4 Å². The quantitative estimate of drug-likeness (QED) is 0.633. The van der Waals surface area contributed by atoms with Gasteiger partial charge in [-0.05, 0) is 31.5 Å². The summed E-state index contributed by atoms with van der Waals surface area (Å²) in [5.74, 6) is -0.445. The number of amides is 2. The molecule has 6 heteroatoms. The smallest absolute Gasteiger partial charge is 0.238 e. The van der Waals surface area contributed by atoms with Gasteiger partial charge in [-0.2, -0.15) is 0 Å². The van der Waals surface area contributed by atoms with Crippen LogP contribution in [-0.2, 0) is 9.59 Å². The molecule has 0 aromatic heterocycles. The number of carbonyl (C=O) groups is 2. The summed E-state index contributed by atoms with van der Waals surface area (Å²) in [6.45, 7) is 0.880. The van der Waals surface area contributed by atoms with E-state index in [9.17, 15) is 9.59 Å². The van der Waals surface area contributed by atoms with Gasteiger partial charge in [0, 0.05) is 6.42 Å². The van der Waals surface area contributed by atoms with Gasteiger partial charge in [-0.1, -0.05) is 23.7 Å². The van der Waals surface area contributed by atoms with Crippen molar-refractivity contribution in [2.24, 2.45) is 5.73 Å². The zero-order valence-electron chi connectivity index (χ0n) is 10.6. The Kier molecular flexibility index (Phi) is 6.92. The van der Waals surface area contributed by atoms with E-state index < -0.39 is 0 Å². The summed E-state index contributed by atoms with van der Waals surface area (Å²) in [5, 5.41) is 6.21. The van der Waals surface area contributed by atoms with Crippen LogP contribution in [0.25, 0.3) is 0 Å². The third-order valence-corrected chi connectivity index (χ3v) is 2.79. The number of unbranched alkanes of at least 4 members (excludes halogenated alkanes) is 1. The Morgan fingerprint density at radius 1 is 1.21 bits per heavy atom. The fraction of sp³-hybridized carbons (Fsp3) is 0.385. The van der Waals surface area contributed by atoms with Crippen molar-refractivity contribution in [2.75, 3.05) is 18.4 Å². The van der Waals surface area contributed by atoms with E-state index in [2.05, 4.69) is 10.6 Å². The van der Waals surface area contributed by atoms with Crippen LogP contribution in [0.15, 0.2) is 24.3 Å². The zero-order chi connectivity index (χ0) is 14.1. The van der Waals surface area contributed by atoms with Gasteiger partial charge in [0.05, 0.1) is 17.3 Å². The van der Waals surface area contributed by atoms with Crippen molar-refractivity contribution in [3.8, 4) is 0 Å². The van der Waals surface area contributed by atoms with E-state index in [0.717, 1.165) is 12.8 Å². The molecule has 0 unspecified atom stereocenters. The van der Waals surface area contributed by atoms with Crippen molar-refractivity contribution >= 4 is 29.1 Å². The van der Waals surface area contributed by atoms with Crippen molar-refractivity contribution in [2.45, 2.75) is 19.3 Å². The summed E-state index contributed by atoms with van der Waals surface area (Å²) >= 11 is 5.92. The summed E-state index contributed by atoms with van der Waals surface area (Å²) in [7, 11) is 0. The number of para-hydroxylation sites is 1. The lowest BCUT2D eigenvalue weighted by Gasteiger charge is -2.07. The molecule has 0 saturated heterocycles. The molecular weight excluding hydrogens is 266 g/mol. The predicted molar refractivity (Wildman–Crippen MR) is 76.0 cm³/mol. The normalized spacial score (nSPS) is 10.2. The number of nitrogens with two attached hydrogens (primary N) is 1. The molecule has 0 heterocycles. The molecule has 19 heavy (non-hydrogen) atoms. The largest absolute Gasteiger partial charge is 0.370 e. The van der Waals surface area contributed by atoms with Gasteiger partial charge in [0.25, 0.3) is 0 Å². The Balaban J connectivity index is 2.15. The van der Waals surface area contributed by atoms with E-state index in [1.165, 1.54) is 0 Å². The Morgan fingerprint density at radius 2 is 1.95 bits per heavy atom. The van der Waals surface area contributed by atoms with Crippen LogP contribution < -0.4 is 16.4 Å². The minimum absolute atomic E-state index is 0.150. The molecule has 0 aliphatic heterocycles. The van der Waals surface area contributed by atoms with Crippen molar-refractivity contribution in [1.82, 2.24) is 5.32 Å². The van der Waals surface area contributed by atoms with Gasteiger partial charge in [0.1, 0.15) is 0 Å². The second-order valence-corrected chi connectivity index (χ2v) is 4.54. The number of nitrogens with one attached hydrogen (secondary N) is 2. The maximum Gasteiger partial charge on any atom is 0.238 e. The summed E-state index contributed by atoms with van der Waals surface area (Å²) in [6.07, 6.45) is 1.92. The van der Waals surface area contributed by atoms with Crippen LogP contribution in [0, 0.1) is 0 Å². The number of benzene rings is 1. The topological polar surface area (TPSA) is 84.2 Å². The molecule has 4 N–H and O–H groups in total. The maximum absolute atomic E-state index is 11.6. The average Bonchev–Trinajstić information content (AvgIpc) is 2.36. The molecule has 1 aromatic rings. The Morgan fingerprint density at radius 3 is 2.63 bits per heavy atom. The van der Waals surface area contributed by atoms with Gasteiger partial charge in [-0.25, -0.2) is 0 Å². The van der Waals surface area contributed by atoms with Crippen LogP contribution in [0.3, 0.4) is 0 Å². The monoisotopic (exact) mass is 283 g/mol. The summed E-state index contributed by atoms with van der Waals surface area (Å²) in [4.78, 5) is 22.1. The van der Waals surface area contributed by atoms with Crippen LogP contribution in [0.2, 0.25) is 5.02 Å². The van der Waals surface area contributed by atoms with Gasteiger partial charge >= 0.3 is 0 Å². The first-order valence-corrected chi connectivity index (χ1v) is 6.51. The summed E-state index contributed by atoms with van der Waals surface area (Å²) < 4.78 is 0. The number of primary amides is 1. The van der Waals surface area contributed by atoms with Crippen molar-refractivity contribution in [1.29, 1.82) is 0 Å². The second kappa shape index (κ2) is 8.50. The number of hydrogen-bond acceptors (Lipinski definition) is 3. The van der Waals surface area contributed by atoms with Crippen LogP contribution in [0.5, 0.6) is 0 Å². The van der Waals surface area contributed by atoms with Crippen LogP contribution in [-0.4, -0.2) is 24.9 Å². The number of anilines is 1. The lowest BCUT2D eigenvalue weighted by Crippen LogP contribution is -2.29. The molecular formula is C13H18ClN3O2. The first kappa shape index (κ1) is 15.5. The highest BCUT2D eigenvalue weighted by atomic mass is 35.5. The first-order valence-electron chi connectivity index (χ1n) is 6.13. The molecule has 0 radical (unpaired) electrons. The molecule has 5 nitrogen and oxygen atoms in total. The fourth-order valence-corrected chi connectivity index (χ4v) is 1.69. The van der Waals surface area contributed by atoms with E-state index in [0.29, 0.717) is 23.7 Å². The van der Waals surface area contributed by atoms with Crippen molar-refractivity contribution < 1.29 is 9.59 Å². The fourth-order valence-electron chi connectivity index (χ4n) is 1.51. The Hall–Kier alpha value is -1.59. The highest BCUT2D eigenvalue weighted by Crippen LogP contribution is 2.19. The molecule has 0 fully saturated rings. The van der Waals surface area contributed by atoms with E-state index in [4.69, 9.17) is 17.3 Å². The zero-order valence-corrected chi connectivity index (χ0v) is 11.4. The summed E-state index contributed by atoms with van der Waals surface area (Å²) in [6, 6.07) is 7.06. The standard InChI is InChI=1S/C13H18ClN3O2/c14-10-5-1-2-6-11(10)17-13(19)9-16-8-4-3-7-12(15)18/h1-2,5-6,16H,3-4,7-9H2,(H2,15,18)(H,17,19). The lowest BCUT2D eigenvalue weighted by molar-refractivity contribution is -0.118. The van der Waals surface area contributed by atoms with Crippen LogP contribution >= 0.6 is 11.6 Å². The van der Waals surface area contributed by atoms with E-state index >= 15 is 0 Å².